The third kappa shape index (κ3) is 1.93. The molecule has 0 atom stereocenters. The van der Waals surface area contributed by atoms with E-state index in [1.807, 2.05) is 6.07 Å². The third-order valence-corrected chi connectivity index (χ3v) is 12.0. The number of hydrogen-bond donors (Lipinski definition) is 0. The van der Waals surface area contributed by atoms with E-state index < -0.39 is 0 Å². The van der Waals surface area contributed by atoms with Crippen molar-refractivity contribution in [2.24, 2.45) is 0 Å². The van der Waals surface area contributed by atoms with E-state index in [9.17, 15) is 0 Å². The Kier molecular flexibility index (Phi) is 3.02. The summed E-state index contributed by atoms with van der Waals surface area (Å²) in [6.45, 7) is 5.98. The first kappa shape index (κ1) is 21.9. The van der Waals surface area contributed by atoms with Gasteiger partial charge in [0.2, 0.25) is 11.6 Å². The van der Waals surface area contributed by atoms with Crippen LogP contribution in [0.25, 0.3) is 55.7 Å². The predicted molar refractivity (Wildman–Crippen MR) is 178 cm³/mol. The van der Waals surface area contributed by atoms with Crippen molar-refractivity contribution in [1.82, 2.24) is 27.9 Å². The topological polar surface area (TPSA) is 62.9 Å². The maximum atomic E-state index is 6.89. The molecule has 5 aliphatic heterocycles. The summed E-state index contributed by atoms with van der Waals surface area (Å²) in [4.78, 5) is 10.7. The lowest BCUT2D eigenvalue weighted by molar-refractivity contribution is 0.429. The molecule has 0 fully saturated rings. The molecule has 0 N–H and O–H groups in total. The second kappa shape index (κ2) is 6.35. The SMILES string of the molecule is Cc1cccc2c1nc1n3c4c5c6c(cc4n21)Oc1cccc2c1B6c1c(cc4c6c1C5(C3)Cn6c1nc3c(C)cccc3n41)O2. The number of fused-ring (bicyclic) bond motifs is 10. The molecule has 9 heteroatoms. The maximum Gasteiger partial charge on any atom is 0.261 e. The van der Waals surface area contributed by atoms with Gasteiger partial charge < -0.3 is 18.6 Å². The molecule has 0 unspecified atom stereocenters. The summed E-state index contributed by atoms with van der Waals surface area (Å²) in [5.41, 5.74) is 18.0. The van der Waals surface area contributed by atoms with Crippen LogP contribution >= 0.6 is 0 Å². The lowest BCUT2D eigenvalue weighted by Gasteiger charge is -2.43. The second-order valence-electron chi connectivity index (χ2n) is 14.0. The van der Waals surface area contributed by atoms with E-state index in [1.165, 1.54) is 55.2 Å². The van der Waals surface area contributed by atoms with Crippen LogP contribution in [0, 0.1) is 13.8 Å². The number of aromatic nitrogens is 6. The summed E-state index contributed by atoms with van der Waals surface area (Å²) >= 11 is 0. The Balaban J connectivity index is 1.23. The highest BCUT2D eigenvalue weighted by Crippen LogP contribution is 2.57. The lowest BCUT2D eigenvalue weighted by Crippen LogP contribution is -2.64. The molecular formula is C37H21BN6O2. The number of rotatable bonds is 0. The van der Waals surface area contributed by atoms with Gasteiger partial charge in [-0.2, -0.15) is 0 Å². The Morgan fingerprint density at radius 1 is 0.609 bits per heavy atom. The van der Waals surface area contributed by atoms with Gasteiger partial charge in [-0.25, -0.2) is 9.97 Å². The van der Waals surface area contributed by atoms with Crippen LogP contribution in [-0.4, -0.2) is 34.6 Å². The maximum absolute atomic E-state index is 6.89. The van der Waals surface area contributed by atoms with Crippen LogP contribution in [0.1, 0.15) is 22.3 Å². The molecule has 214 valence electrons. The molecule has 0 radical (unpaired) electrons. The molecule has 0 saturated heterocycles. The van der Waals surface area contributed by atoms with Gasteiger partial charge in [0.25, 0.3) is 6.71 Å². The van der Waals surface area contributed by atoms with Gasteiger partial charge in [-0.1, -0.05) is 30.3 Å². The van der Waals surface area contributed by atoms with Gasteiger partial charge in [0.15, 0.2) is 0 Å². The molecule has 4 aromatic heterocycles. The van der Waals surface area contributed by atoms with E-state index in [0.717, 1.165) is 75.2 Å². The monoisotopic (exact) mass is 592 g/mol. The summed E-state index contributed by atoms with van der Waals surface area (Å²) in [7, 11) is 0. The summed E-state index contributed by atoms with van der Waals surface area (Å²) in [6.07, 6.45) is 0. The van der Waals surface area contributed by atoms with E-state index >= 15 is 0 Å². The fraction of sp³-hybridized carbons (Fsp3) is 0.135. The van der Waals surface area contributed by atoms with Gasteiger partial charge in [-0.15, -0.1) is 0 Å². The number of para-hydroxylation sites is 2. The zero-order valence-corrected chi connectivity index (χ0v) is 24.8. The van der Waals surface area contributed by atoms with Crippen LogP contribution in [0.5, 0.6) is 23.0 Å². The molecule has 9 heterocycles. The molecule has 5 aromatic carbocycles. The summed E-state index contributed by atoms with van der Waals surface area (Å²) in [5.74, 6) is 5.68. The minimum absolute atomic E-state index is 0.0474. The molecule has 14 rings (SSSR count). The summed E-state index contributed by atoms with van der Waals surface area (Å²) in [5, 5.41) is 0. The highest BCUT2D eigenvalue weighted by Gasteiger charge is 2.60. The fourth-order valence-electron chi connectivity index (χ4n) is 10.4. The molecule has 46 heavy (non-hydrogen) atoms. The molecule has 0 bridgehead atoms. The van der Waals surface area contributed by atoms with Crippen molar-refractivity contribution < 1.29 is 9.47 Å². The van der Waals surface area contributed by atoms with Crippen molar-refractivity contribution in [1.29, 1.82) is 0 Å². The van der Waals surface area contributed by atoms with Crippen molar-refractivity contribution in [3.8, 4) is 23.0 Å². The van der Waals surface area contributed by atoms with Gasteiger partial charge in [-0.3, -0.25) is 8.80 Å². The van der Waals surface area contributed by atoms with Crippen molar-refractivity contribution in [3.05, 3.63) is 89.0 Å². The van der Waals surface area contributed by atoms with Gasteiger partial charge in [0.1, 0.15) is 23.0 Å². The Morgan fingerprint density at radius 2 is 1.11 bits per heavy atom. The van der Waals surface area contributed by atoms with E-state index in [0.29, 0.717) is 0 Å². The molecule has 8 nitrogen and oxygen atoms in total. The number of aryl methyl sites for hydroxylation is 2. The van der Waals surface area contributed by atoms with Crippen LogP contribution in [-0.2, 0) is 18.5 Å². The molecule has 5 aliphatic rings. The van der Waals surface area contributed by atoms with Crippen LogP contribution in [0.2, 0.25) is 0 Å². The number of ether oxygens (including phenoxy) is 2. The lowest BCUT2D eigenvalue weighted by atomic mass is 9.30. The zero-order chi connectivity index (χ0) is 29.5. The molecule has 0 aliphatic carbocycles. The van der Waals surface area contributed by atoms with E-state index in [2.05, 4.69) is 92.4 Å². The molecular weight excluding hydrogens is 571 g/mol. The van der Waals surface area contributed by atoms with Crippen molar-refractivity contribution in [3.63, 3.8) is 0 Å². The van der Waals surface area contributed by atoms with Gasteiger partial charge >= 0.3 is 0 Å². The highest BCUT2D eigenvalue weighted by molar-refractivity contribution is 6.99. The standard InChI is InChI=1S/C37H21BN6O2/c1-16-6-3-8-18-31(16)39-35-41-14-37-15-42-34-21(44-19-9-4-7-17(2)32(19)40-36(42)44)13-25-30(27(34)37)38-28-22(10-5-11-23(28)46-25)45-24-12-20(43(18)35)33(41)26(37)29(24)38/h3-13H,14-15H2,1-2H3. The molecule has 9 aromatic rings. The number of nitrogens with zero attached hydrogens (tertiary/aromatic N) is 6. The normalized spacial score (nSPS) is 16.8. The van der Waals surface area contributed by atoms with Gasteiger partial charge in [-0.05, 0) is 71.3 Å². The average molecular weight is 592 g/mol. The number of benzene rings is 5. The van der Waals surface area contributed by atoms with Crippen molar-refractivity contribution in [2.75, 3.05) is 0 Å². The molecule has 0 saturated carbocycles. The first-order valence-corrected chi connectivity index (χ1v) is 16.0. The van der Waals surface area contributed by atoms with Gasteiger partial charge in [0, 0.05) is 30.7 Å². The third-order valence-electron chi connectivity index (χ3n) is 12.0. The van der Waals surface area contributed by atoms with Gasteiger partial charge in [0.05, 0.1) is 49.5 Å². The molecule has 0 amide bonds. The molecule has 1 spiro atoms. The number of imidazole rings is 4. The minimum Gasteiger partial charge on any atom is -0.458 e. The quantitative estimate of drug-likeness (QED) is 0.228. The first-order valence-electron chi connectivity index (χ1n) is 16.0. The van der Waals surface area contributed by atoms with Crippen LogP contribution in [0.4, 0.5) is 0 Å². The minimum atomic E-state index is -0.283. The van der Waals surface area contributed by atoms with Crippen LogP contribution in [0.3, 0.4) is 0 Å². The Labute approximate surface area is 260 Å². The Bertz CT molecular complexity index is 2880. The van der Waals surface area contributed by atoms with Crippen LogP contribution in [0.15, 0.2) is 66.7 Å². The predicted octanol–water partition coefficient (Wildman–Crippen LogP) is 5.17. The van der Waals surface area contributed by atoms with Crippen LogP contribution < -0.4 is 25.9 Å². The summed E-state index contributed by atoms with van der Waals surface area (Å²) < 4.78 is 23.5. The largest absolute Gasteiger partial charge is 0.458 e. The van der Waals surface area contributed by atoms with E-state index in [1.54, 1.807) is 0 Å². The Hall–Kier alpha value is -5.70. The Morgan fingerprint density at radius 3 is 1.63 bits per heavy atom. The van der Waals surface area contributed by atoms with Crippen molar-refractivity contribution in [2.45, 2.75) is 32.4 Å². The zero-order valence-electron chi connectivity index (χ0n) is 24.8. The number of hydrogen-bond acceptors (Lipinski definition) is 4. The van der Waals surface area contributed by atoms with E-state index in [4.69, 9.17) is 19.4 Å². The first-order chi connectivity index (χ1) is 22.6. The average Bonchev–Trinajstić information content (AvgIpc) is 3.87. The smallest absolute Gasteiger partial charge is 0.261 e. The fourth-order valence-corrected chi connectivity index (χ4v) is 10.4. The highest BCUT2D eigenvalue weighted by atomic mass is 16.5. The van der Waals surface area contributed by atoms with Crippen molar-refractivity contribution >= 4 is 78.8 Å². The summed E-state index contributed by atoms with van der Waals surface area (Å²) in [6, 6.07) is 23.8. The second-order valence-corrected chi connectivity index (χ2v) is 14.0. The van der Waals surface area contributed by atoms with E-state index in [-0.39, 0.29) is 12.1 Å².